The summed E-state index contributed by atoms with van der Waals surface area (Å²) in [4.78, 5) is 64.4. The van der Waals surface area contributed by atoms with Gasteiger partial charge in [0.1, 0.15) is 29.1 Å². The molecule has 0 saturated carbocycles. The normalized spacial score (nSPS) is 11.7. The summed E-state index contributed by atoms with van der Waals surface area (Å²) in [5, 5.41) is 20.6. The molecule has 0 spiro atoms. The summed E-state index contributed by atoms with van der Waals surface area (Å²) in [6, 6.07) is 32.2. The molecule has 16 nitrogen and oxygen atoms in total. The molecule has 9 rings (SSSR count). The third-order valence-corrected chi connectivity index (χ3v) is 8.97. The molecule has 3 aromatic heterocycles. The Kier molecular flexibility index (Phi) is 8.18. The molecular formula is C36H28N11O5P. The molecule has 8 bridgehead atoms. The van der Waals surface area contributed by atoms with Gasteiger partial charge in [-0.05, 0) is 0 Å². The standard InChI is InChI=1S/C32H18N8.C4H10N3O5P/c1-2-10-18-17(9-1)25-33-26(18)38-28-21-13-5-6-14-22(21)30(35-28)40-32-24-16-8-7-15-23(24)31(36-32)39-29-20-12-4-3-11-19(20)27(34-29)37-25;1-7(2-3(8)9)4(5)6-13(10,11)12/h1-16H,(H2,33,34,35,36,37,38,39,40);2H2,1H3,(H,8,9)(H4,5,6,10,11,12). The van der Waals surface area contributed by atoms with E-state index in [0.29, 0.717) is 45.9 Å². The second-order valence-corrected chi connectivity index (χ2v) is 13.4. The Hall–Kier alpha value is -6.87. The van der Waals surface area contributed by atoms with Gasteiger partial charge in [0.2, 0.25) is 0 Å². The predicted molar refractivity (Wildman–Crippen MR) is 199 cm³/mol. The molecular weight excluding hydrogens is 697 g/mol. The van der Waals surface area contributed by atoms with Gasteiger partial charge in [-0.2, -0.15) is 0 Å². The molecule has 5 heterocycles. The summed E-state index contributed by atoms with van der Waals surface area (Å²) < 4.78 is 10.3. The number of likely N-dealkylation sites (N-methyl/N-ethyl adjacent to an activating group) is 1. The molecule has 53 heavy (non-hydrogen) atoms. The number of fused-ring (bicyclic) bond motifs is 20. The smallest absolute Gasteiger partial charge is 0.429 e. The van der Waals surface area contributed by atoms with E-state index < -0.39 is 26.2 Å². The molecule has 7 aromatic rings. The maximum Gasteiger partial charge on any atom is 0.429 e. The first-order valence-corrected chi connectivity index (χ1v) is 17.7. The second kappa shape index (κ2) is 13.0. The first-order chi connectivity index (χ1) is 25.5. The van der Waals surface area contributed by atoms with Gasteiger partial charge in [-0.1, -0.05) is 97.1 Å². The van der Waals surface area contributed by atoms with Crippen molar-refractivity contribution in [3.8, 4) is 45.6 Å². The molecule has 0 unspecified atom stereocenters. The molecule has 0 aliphatic carbocycles. The van der Waals surface area contributed by atoms with Crippen LogP contribution in [0.15, 0.2) is 97.1 Å². The average Bonchev–Trinajstić information content (AvgIpc) is 3.87. The van der Waals surface area contributed by atoms with E-state index in [9.17, 15) is 9.36 Å². The van der Waals surface area contributed by atoms with Crippen LogP contribution in [0, 0.1) is 5.41 Å². The SMILES string of the molecule is CN(CC(=O)O)C(=N)NP(=O)(O)O.c1ccc2c(c1)-c1nc-2nc2[nH]c(nc3nc(nc4[nH]c(n1)c1ccccc41)-c1ccccc1-3)c1ccccc21. The van der Waals surface area contributed by atoms with E-state index in [1.54, 1.807) is 0 Å². The van der Waals surface area contributed by atoms with Crippen LogP contribution in [0.4, 0.5) is 0 Å². The number of guanidine groups is 1. The number of carbonyl (C=O) groups is 1. The Morgan fingerprint density at radius 1 is 0.623 bits per heavy atom. The van der Waals surface area contributed by atoms with Gasteiger partial charge in [0, 0.05) is 50.8 Å². The van der Waals surface area contributed by atoms with Crippen LogP contribution in [-0.4, -0.2) is 85.2 Å². The maximum atomic E-state index is 10.3. The molecule has 262 valence electrons. The van der Waals surface area contributed by atoms with Crippen molar-refractivity contribution in [1.82, 2.24) is 49.9 Å². The molecule has 0 radical (unpaired) electrons. The summed E-state index contributed by atoms with van der Waals surface area (Å²) in [5.74, 6) is 0.551. The van der Waals surface area contributed by atoms with E-state index in [-0.39, 0.29) is 0 Å². The van der Waals surface area contributed by atoms with Crippen LogP contribution in [0.3, 0.4) is 0 Å². The third-order valence-electron chi connectivity index (χ3n) is 8.47. The Labute approximate surface area is 299 Å². The summed E-state index contributed by atoms with van der Waals surface area (Å²) in [6.45, 7) is -0.508. The molecule has 2 aliphatic rings. The Bertz CT molecular complexity index is 2530. The third kappa shape index (κ3) is 6.45. The number of carboxylic acid groups (broad SMARTS) is 1. The van der Waals surface area contributed by atoms with Crippen molar-refractivity contribution < 1.29 is 24.3 Å². The van der Waals surface area contributed by atoms with Crippen molar-refractivity contribution in [3.05, 3.63) is 97.1 Å². The van der Waals surface area contributed by atoms with E-state index in [4.69, 9.17) is 50.2 Å². The van der Waals surface area contributed by atoms with Crippen LogP contribution in [0.25, 0.3) is 89.7 Å². The van der Waals surface area contributed by atoms with Gasteiger partial charge in [0.15, 0.2) is 29.3 Å². The zero-order valence-corrected chi connectivity index (χ0v) is 28.6. The number of aromatic amines is 2. The van der Waals surface area contributed by atoms with Gasteiger partial charge in [-0.25, -0.2) is 34.5 Å². The van der Waals surface area contributed by atoms with Gasteiger partial charge in [-0.15, -0.1) is 0 Å². The number of benzene rings is 4. The highest BCUT2D eigenvalue weighted by molar-refractivity contribution is 7.50. The van der Waals surface area contributed by atoms with E-state index in [0.717, 1.165) is 48.7 Å². The molecule has 0 saturated heterocycles. The van der Waals surface area contributed by atoms with Crippen LogP contribution >= 0.6 is 7.75 Å². The van der Waals surface area contributed by atoms with Gasteiger partial charge in [-0.3, -0.25) is 15.3 Å². The molecule has 0 amide bonds. The van der Waals surface area contributed by atoms with E-state index in [2.05, 4.69) is 9.97 Å². The lowest BCUT2D eigenvalue weighted by atomic mass is 10.1. The first kappa shape index (κ1) is 33.3. The number of hydrogen-bond acceptors (Lipinski definition) is 9. The van der Waals surface area contributed by atoms with Gasteiger partial charge < -0.3 is 29.8 Å². The van der Waals surface area contributed by atoms with Crippen molar-refractivity contribution in [2.75, 3.05) is 13.6 Å². The number of aliphatic carboxylic acids is 1. The van der Waals surface area contributed by atoms with Crippen molar-refractivity contribution >= 4 is 63.8 Å². The van der Waals surface area contributed by atoms with Crippen molar-refractivity contribution in [3.63, 3.8) is 0 Å². The number of nitrogens with zero attached hydrogens (tertiary/aromatic N) is 7. The quantitative estimate of drug-likeness (QED) is 0.0678. The van der Waals surface area contributed by atoms with Crippen LogP contribution < -0.4 is 5.09 Å². The van der Waals surface area contributed by atoms with Crippen LogP contribution in [0.1, 0.15) is 0 Å². The Morgan fingerprint density at radius 2 is 0.925 bits per heavy atom. The monoisotopic (exact) mass is 725 g/mol. The number of rotatable bonds is 3. The first-order valence-electron chi connectivity index (χ1n) is 16.1. The lowest BCUT2D eigenvalue weighted by Crippen LogP contribution is -2.39. The fourth-order valence-corrected chi connectivity index (χ4v) is 6.54. The zero-order valence-electron chi connectivity index (χ0n) is 27.7. The van der Waals surface area contributed by atoms with Crippen molar-refractivity contribution in [2.45, 2.75) is 0 Å². The molecule has 17 heteroatoms. The molecule has 2 aliphatic heterocycles. The summed E-state index contributed by atoms with van der Waals surface area (Å²) in [6.07, 6.45) is 0. The van der Waals surface area contributed by atoms with Crippen molar-refractivity contribution in [2.24, 2.45) is 0 Å². The number of H-pyrrole nitrogens is 2. The molecule has 4 aromatic carbocycles. The van der Waals surface area contributed by atoms with E-state index >= 15 is 0 Å². The minimum absolute atomic E-state index is 0.508. The highest BCUT2D eigenvalue weighted by Crippen LogP contribution is 2.36. The maximum absolute atomic E-state index is 10.3. The summed E-state index contributed by atoms with van der Waals surface area (Å²) >= 11 is 0. The van der Waals surface area contributed by atoms with E-state index in [1.807, 2.05) is 97.1 Å². The van der Waals surface area contributed by atoms with Crippen molar-refractivity contribution in [1.29, 1.82) is 5.41 Å². The van der Waals surface area contributed by atoms with Crippen LogP contribution in [0.2, 0.25) is 0 Å². The minimum atomic E-state index is -4.53. The number of aromatic nitrogens is 8. The minimum Gasteiger partial charge on any atom is -0.480 e. The van der Waals surface area contributed by atoms with E-state index in [1.165, 1.54) is 12.1 Å². The topological polar surface area (TPSA) is 243 Å². The zero-order chi connectivity index (χ0) is 36.9. The molecule has 0 fully saturated rings. The number of hydrogen-bond donors (Lipinski definition) is 7. The molecule has 0 atom stereocenters. The highest BCUT2D eigenvalue weighted by Gasteiger charge is 2.22. The lowest BCUT2D eigenvalue weighted by molar-refractivity contribution is -0.137. The van der Waals surface area contributed by atoms with Crippen LogP contribution in [0.5, 0.6) is 0 Å². The second-order valence-electron chi connectivity index (χ2n) is 12.0. The van der Waals surface area contributed by atoms with Gasteiger partial charge in [0.05, 0.1) is 0 Å². The fourth-order valence-electron chi connectivity index (χ4n) is 6.10. The van der Waals surface area contributed by atoms with Gasteiger partial charge >= 0.3 is 13.7 Å². The predicted octanol–water partition coefficient (Wildman–Crippen LogP) is 5.49. The fraction of sp³-hybridized carbons (Fsp3) is 0.0556. The Morgan fingerprint density at radius 3 is 1.21 bits per heavy atom. The highest BCUT2D eigenvalue weighted by atomic mass is 31.2. The summed E-state index contributed by atoms with van der Waals surface area (Å²) in [5.41, 5.74) is 6.45. The Balaban J connectivity index is 0.000000266. The average molecular weight is 726 g/mol. The lowest BCUT2D eigenvalue weighted by Gasteiger charge is -2.18. The van der Waals surface area contributed by atoms with Crippen LogP contribution in [-0.2, 0) is 9.36 Å². The van der Waals surface area contributed by atoms with Gasteiger partial charge in [0.25, 0.3) is 0 Å². The number of nitrogens with one attached hydrogen (secondary N) is 4. The molecule has 7 N–H and O–H groups in total. The summed E-state index contributed by atoms with van der Waals surface area (Å²) in [7, 11) is -3.31. The largest absolute Gasteiger partial charge is 0.480 e. The number of carboxylic acids is 1.